The molecule has 0 N–H and O–H groups in total. The summed E-state index contributed by atoms with van der Waals surface area (Å²) in [7, 11) is 1.69. The Balaban J connectivity index is 3.22. The van der Waals surface area contributed by atoms with Crippen molar-refractivity contribution in [1.29, 1.82) is 0 Å². The smallest absolute Gasteiger partial charge is 0.143 e. The lowest BCUT2D eigenvalue weighted by atomic mass is 9.96. The monoisotopic (exact) mass is 244 g/mol. The van der Waals surface area contributed by atoms with E-state index in [1.54, 1.807) is 13.2 Å². The minimum atomic E-state index is 0.804. The number of hydrogen-bond donors (Lipinski definition) is 0. The summed E-state index contributed by atoms with van der Waals surface area (Å²) >= 11 is 0. The molecule has 18 heavy (non-hydrogen) atoms. The first-order valence-corrected chi connectivity index (χ1v) is 5.96. The second-order valence-electron chi connectivity index (χ2n) is 4.44. The van der Waals surface area contributed by atoms with Crippen LogP contribution in [0.25, 0.3) is 6.08 Å². The molecule has 96 valence electrons. The number of carbonyl (C=O) groups excluding carboxylic acids is 1. The lowest BCUT2D eigenvalue weighted by Gasteiger charge is -2.13. The number of aldehydes is 1. The van der Waals surface area contributed by atoms with Crippen molar-refractivity contribution < 1.29 is 9.53 Å². The van der Waals surface area contributed by atoms with Crippen LogP contribution in [-0.4, -0.2) is 13.4 Å². The molecule has 2 nitrogen and oxygen atoms in total. The topological polar surface area (TPSA) is 26.3 Å². The van der Waals surface area contributed by atoms with E-state index in [1.807, 2.05) is 25.1 Å². The third kappa shape index (κ3) is 3.10. The molecule has 0 amide bonds. The Kier molecular flexibility index (Phi) is 4.90. The summed E-state index contributed by atoms with van der Waals surface area (Å²) in [5.41, 5.74) is 5.66. The highest BCUT2D eigenvalue weighted by molar-refractivity contribution is 5.69. The van der Waals surface area contributed by atoms with Gasteiger partial charge in [0.2, 0.25) is 0 Å². The number of allylic oxidation sites excluding steroid dienone is 3. The average molecular weight is 244 g/mol. The summed E-state index contributed by atoms with van der Waals surface area (Å²) in [5, 5.41) is 0. The first kappa shape index (κ1) is 14.2. The van der Waals surface area contributed by atoms with Crippen LogP contribution in [0.2, 0.25) is 0 Å². The van der Waals surface area contributed by atoms with Crippen LogP contribution < -0.4 is 4.74 Å². The van der Waals surface area contributed by atoms with Gasteiger partial charge in [0.25, 0.3) is 0 Å². The predicted octanol–water partition coefficient (Wildman–Crippen LogP) is 3.78. The number of methoxy groups -OCH3 is 1. The molecule has 1 aromatic rings. The summed E-state index contributed by atoms with van der Waals surface area (Å²) < 4.78 is 5.34. The van der Waals surface area contributed by atoms with Crippen molar-refractivity contribution in [3.63, 3.8) is 0 Å². The van der Waals surface area contributed by atoms with Gasteiger partial charge in [0, 0.05) is 0 Å². The quantitative estimate of drug-likeness (QED) is 0.458. The van der Waals surface area contributed by atoms with Crippen molar-refractivity contribution in [3.8, 4) is 5.75 Å². The van der Waals surface area contributed by atoms with Gasteiger partial charge in [-0.25, -0.2) is 0 Å². The molecular weight excluding hydrogens is 224 g/mol. The fraction of sp³-hybridized carbons (Fsp3) is 0.312. The van der Waals surface area contributed by atoms with E-state index in [-0.39, 0.29) is 0 Å². The Hall–Kier alpha value is -1.83. The average Bonchev–Trinajstić information content (AvgIpc) is 2.34. The van der Waals surface area contributed by atoms with Crippen LogP contribution in [0.4, 0.5) is 0 Å². The molecule has 0 aliphatic carbocycles. The summed E-state index contributed by atoms with van der Waals surface area (Å²) in [6.07, 6.45) is 6.36. The van der Waals surface area contributed by atoms with Crippen molar-refractivity contribution in [2.75, 3.05) is 7.11 Å². The number of carbonyl (C=O) groups is 1. The van der Waals surface area contributed by atoms with Gasteiger partial charge < -0.3 is 4.74 Å². The van der Waals surface area contributed by atoms with Gasteiger partial charge in [0.15, 0.2) is 0 Å². The van der Waals surface area contributed by atoms with Crippen molar-refractivity contribution in [1.82, 2.24) is 0 Å². The van der Waals surface area contributed by atoms with Crippen molar-refractivity contribution in [3.05, 3.63) is 46.0 Å². The summed E-state index contributed by atoms with van der Waals surface area (Å²) in [5.74, 6) is 0.919. The lowest BCUT2D eigenvalue weighted by Crippen LogP contribution is -1.95. The summed E-state index contributed by atoms with van der Waals surface area (Å²) in [6, 6.07) is 2.04. The molecular formula is C16H20O2. The summed E-state index contributed by atoms with van der Waals surface area (Å²) in [6.45, 7) is 8.11. The zero-order valence-corrected chi connectivity index (χ0v) is 11.7. The minimum Gasteiger partial charge on any atom is -0.496 e. The van der Waals surface area contributed by atoms with Gasteiger partial charge in [-0.3, -0.25) is 4.79 Å². The van der Waals surface area contributed by atoms with Gasteiger partial charge in [-0.15, -0.1) is 0 Å². The molecule has 0 aromatic heterocycles. The van der Waals surface area contributed by atoms with Crippen molar-refractivity contribution in [2.24, 2.45) is 0 Å². The van der Waals surface area contributed by atoms with Gasteiger partial charge in [-0.2, -0.15) is 0 Å². The second-order valence-corrected chi connectivity index (χ2v) is 4.44. The minimum absolute atomic E-state index is 0.804. The maximum absolute atomic E-state index is 10.4. The maximum atomic E-state index is 10.4. The fourth-order valence-electron chi connectivity index (χ4n) is 1.91. The Morgan fingerprint density at radius 2 is 1.89 bits per heavy atom. The molecule has 0 aliphatic heterocycles. The molecule has 0 heterocycles. The zero-order valence-electron chi connectivity index (χ0n) is 11.7. The summed E-state index contributed by atoms with van der Waals surface area (Å²) in [4.78, 5) is 10.4. The van der Waals surface area contributed by atoms with Gasteiger partial charge >= 0.3 is 0 Å². The van der Waals surface area contributed by atoms with Gasteiger partial charge in [0.05, 0.1) is 7.11 Å². The van der Waals surface area contributed by atoms with Crippen LogP contribution in [-0.2, 0) is 4.79 Å². The maximum Gasteiger partial charge on any atom is 0.143 e. The highest BCUT2D eigenvalue weighted by Crippen LogP contribution is 2.28. The first-order chi connectivity index (χ1) is 8.51. The van der Waals surface area contributed by atoms with E-state index < -0.39 is 0 Å². The van der Waals surface area contributed by atoms with E-state index in [2.05, 4.69) is 20.8 Å². The normalized spacial score (nSPS) is 11.9. The van der Waals surface area contributed by atoms with E-state index in [4.69, 9.17) is 4.74 Å². The number of benzene rings is 1. The van der Waals surface area contributed by atoms with E-state index in [0.29, 0.717) is 0 Å². The molecule has 1 rings (SSSR count). The SMILES string of the molecule is COc1cc(C)c(/C=C/C(C)=CC=O)c(C)c1C. The molecule has 0 spiro atoms. The van der Waals surface area contributed by atoms with E-state index in [0.717, 1.165) is 23.2 Å². The number of rotatable bonds is 4. The second kappa shape index (κ2) is 6.20. The Morgan fingerprint density at radius 1 is 1.22 bits per heavy atom. The van der Waals surface area contributed by atoms with E-state index >= 15 is 0 Å². The Labute approximate surface area is 109 Å². The zero-order chi connectivity index (χ0) is 13.7. The molecule has 0 unspecified atom stereocenters. The molecule has 0 bridgehead atoms. The van der Waals surface area contributed by atoms with Gasteiger partial charge in [-0.1, -0.05) is 12.2 Å². The molecule has 0 fully saturated rings. The van der Waals surface area contributed by atoms with Crippen LogP contribution in [0.5, 0.6) is 5.75 Å². The number of ether oxygens (including phenoxy) is 1. The molecule has 0 atom stereocenters. The van der Waals surface area contributed by atoms with Crippen LogP contribution in [0.15, 0.2) is 23.8 Å². The largest absolute Gasteiger partial charge is 0.496 e. The third-order valence-electron chi connectivity index (χ3n) is 3.17. The highest BCUT2D eigenvalue weighted by atomic mass is 16.5. The molecule has 1 aromatic carbocycles. The highest BCUT2D eigenvalue weighted by Gasteiger charge is 2.08. The Bertz CT molecular complexity index is 508. The van der Waals surface area contributed by atoms with Crippen molar-refractivity contribution >= 4 is 12.4 Å². The fourth-order valence-corrected chi connectivity index (χ4v) is 1.91. The molecule has 2 heteroatoms. The number of aryl methyl sites for hydroxylation is 1. The molecule has 0 radical (unpaired) electrons. The third-order valence-corrected chi connectivity index (χ3v) is 3.17. The van der Waals surface area contributed by atoms with E-state index in [9.17, 15) is 4.79 Å². The Morgan fingerprint density at radius 3 is 2.44 bits per heavy atom. The van der Waals surface area contributed by atoms with Crippen LogP contribution >= 0.6 is 0 Å². The van der Waals surface area contributed by atoms with Crippen LogP contribution in [0.1, 0.15) is 29.2 Å². The van der Waals surface area contributed by atoms with E-state index in [1.165, 1.54) is 16.7 Å². The molecule has 0 aliphatic rings. The van der Waals surface area contributed by atoms with Crippen LogP contribution in [0.3, 0.4) is 0 Å². The van der Waals surface area contributed by atoms with Crippen molar-refractivity contribution in [2.45, 2.75) is 27.7 Å². The first-order valence-electron chi connectivity index (χ1n) is 5.96. The van der Waals surface area contributed by atoms with Gasteiger partial charge in [0.1, 0.15) is 12.0 Å². The standard InChI is InChI=1S/C16H20O2/c1-11(8-9-17)6-7-15-12(2)10-16(18-5)14(4)13(15)3/h6-10H,1-5H3/b7-6+,11-8?. The van der Waals surface area contributed by atoms with Gasteiger partial charge in [-0.05, 0) is 67.7 Å². The predicted molar refractivity (Wildman–Crippen MR) is 76.1 cm³/mol. The van der Waals surface area contributed by atoms with Crippen LogP contribution in [0, 0.1) is 20.8 Å². The number of hydrogen-bond acceptors (Lipinski definition) is 2. The molecule has 0 saturated heterocycles. The molecule has 0 saturated carbocycles. The lowest BCUT2D eigenvalue weighted by molar-refractivity contribution is -0.104.